The SMILES string of the molecule is N#CCC1CN1Cc1ccccc1. The summed E-state index contributed by atoms with van der Waals surface area (Å²) >= 11 is 0. The molecule has 1 aromatic carbocycles. The zero-order valence-electron chi connectivity index (χ0n) is 7.48. The highest BCUT2D eigenvalue weighted by Crippen LogP contribution is 2.22. The molecule has 0 amide bonds. The van der Waals surface area contributed by atoms with Gasteiger partial charge >= 0.3 is 0 Å². The standard InChI is InChI=1S/C11H12N2/c12-7-6-11-9-13(11)8-10-4-2-1-3-5-10/h1-5,11H,6,8-9H2. The molecule has 0 bridgehead atoms. The molecule has 1 saturated heterocycles. The number of benzene rings is 1. The van der Waals surface area contributed by atoms with Gasteiger partial charge in [0.25, 0.3) is 0 Å². The van der Waals surface area contributed by atoms with Crippen molar-refractivity contribution in [3.63, 3.8) is 0 Å². The molecular weight excluding hydrogens is 160 g/mol. The normalized spacial score (nSPS) is 25.2. The zero-order valence-corrected chi connectivity index (χ0v) is 7.48. The smallest absolute Gasteiger partial charge is 0.0638 e. The molecule has 2 rings (SSSR count). The summed E-state index contributed by atoms with van der Waals surface area (Å²) in [4.78, 5) is 2.32. The van der Waals surface area contributed by atoms with Gasteiger partial charge in [-0.15, -0.1) is 0 Å². The fourth-order valence-electron chi connectivity index (χ4n) is 1.53. The van der Waals surface area contributed by atoms with Gasteiger partial charge in [-0.2, -0.15) is 5.26 Å². The minimum absolute atomic E-state index is 0.519. The van der Waals surface area contributed by atoms with Crippen molar-refractivity contribution in [2.45, 2.75) is 19.0 Å². The van der Waals surface area contributed by atoms with E-state index in [1.807, 2.05) is 6.07 Å². The predicted octanol–water partition coefficient (Wildman–Crippen LogP) is 1.78. The first-order valence-corrected chi connectivity index (χ1v) is 4.55. The molecule has 2 heteroatoms. The van der Waals surface area contributed by atoms with Crippen molar-refractivity contribution in [1.82, 2.24) is 4.90 Å². The van der Waals surface area contributed by atoms with Gasteiger partial charge in [-0.1, -0.05) is 30.3 Å². The number of rotatable bonds is 3. The Labute approximate surface area is 78.4 Å². The predicted molar refractivity (Wildman–Crippen MR) is 50.9 cm³/mol. The van der Waals surface area contributed by atoms with Crippen LogP contribution in [-0.2, 0) is 6.54 Å². The number of nitrogens with zero attached hydrogens (tertiary/aromatic N) is 2. The average molecular weight is 172 g/mol. The molecule has 1 aromatic rings. The molecule has 0 N–H and O–H groups in total. The van der Waals surface area contributed by atoms with Crippen LogP contribution in [0.1, 0.15) is 12.0 Å². The molecular formula is C11H12N2. The van der Waals surface area contributed by atoms with Crippen molar-refractivity contribution in [2.75, 3.05) is 6.54 Å². The topological polar surface area (TPSA) is 26.8 Å². The fourth-order valence-corrected chi connectivity index (χ4v) is 1.53. The highest BCUT2D eigenvalue weighted by molar-refractivity contribution is 5.16. The number of hydrogen-bond acceptors (Lipinski definition) is 2. The molecule has 2 unspecified atom stereocenters. The lowest BCUT2D eigenvalue weighted by Gasteiger charge is -2.01. The third kappa shape index (κ3) is 2.07. The lowest BCUT2D eigenvalue weighted by atomic mass is 10.2. The summed E-state index contributed by atoms with van der Waals surface area (Å²) in [5.74, 6) is 0. The summed E-state index contributed by atoms with van der Waals surface area (Å²) in [7, 11) is 0. The van der Waals surface area contributed by atoms with Crippen molar-refractivity contribution in [3.05, 3.63) is 35.9 Å². The summed E-state index contributed by atoms with van der Waals surface area (Å²) in [6.45, 7) is 2.08. The van der Waals surface area contributed by atoms with Gasteiger partial charge in [0.15, 0.2) is 0 Å². The van der Waals surface area contributed by atoms with Gasteiger partial charge in [-0.05, 0) is 5.56 Å². The van der Waals surface area contributed by atoms with Crippen LogP contribution in [0.4, 0.5) is 0 Å². The van der Waals surface area contributed by atoms with Gasteiger partial charge in [-0.3, -0.25) is 4.90 Å². The minimum atomic E-state index is 0.519. The lowest BCUT2D eigenvalue weighted by Crippen LogP contribution is -2.01. The molecule has 0 aliphatic carbocycles. The molecule has 13 heavy (non-hydrogen) atoms. The summed E-state index contributed by atoms with van der Waals surface area (Å²) in [5.41, 5.74) is 1.34. The Kier molecular flexibility index (Phi) is 2.29. The van der Waals surface area contributed by atoms with Crippen molar-refractivity contribution >= 4 is 0 Å². The Morgan fingerprint density at radius 3 is 2.85 bits per heavy atom. The van der Waals surface area contributed by atoms with Crippen molar-refractivity contribution < 1.29 is 0 Å². The quantitative estimate of drug-likeness (QED) is 0.650. The number of hydrogen-bond donors (Lipinski definition) is 0. The van der Waals surface area contributed by atoms with Crippen LogP contribution >= 0.6 is 0 Å². The third-order valence-electron chi connectivity index (χ3n) is 2.38. The van der Waals surface area contributed by atoms with Gasteiger partial charge in [-0.25, -0.2) is 0 Å². The second-order valence-electron chi connectivity index (χ2n) is 3.43. The van der Waals surface area contributed by atoms with Gasteiger partial charge in [0.1, 0.15) is 0 Å². The Morgan fingerprint density at radius 1 is 1.38 bits per heavy atom. The molecule has 0 spiro atoms. The van der Waals surface area contributed by atoms with E-state index < -0.39 is 0 Å². The lowest BCUT2D eigenvalue weighted by molar-refractivity contribution is 0.504. The highest BCUT2D eigenvalue weighted by atomic mass is 15.3. The summed E-state index contributed by atoms with van der Waals surface area (Å²) in [6, 6.07) is 13.1. The third-order valence-corrected chi connectivity index (χ3v) is 2.38. The maximum Gasteiger partial charge on any atom is 0.0638 e. The second kappa shape index (κ2) is 3.59. The van der Waals surface area contributed by atoms with E-state index in [0.29, 0.717) is 12.5 Å². The van der Waals surface area contributed by atoms with E-state index in [-0.39, 0.29) is 0 Å². The molecule has 1 heterocycles. The number of nitriles is 1. The minimum Gasteiger partial charge on any atom is -0.292 e. The van der Waals surface area contributed by atoms with E-state index in [0.717, 1.165) is 13.1 Å². The molecule has 0 radical (unpaired) electrons. The van der Waals surface area contributed by atoms with E-state index in [1.165, 1.54) is 5.56 Å². The summed E-state index contributed by atoms with van der Waals surface area (Å²) in [6.07, 6.45) is 0.673. The van der Waals surface area contributed by atoms with Crippen LogP contribution in [0.5, 0.6) is 0 Å². The van der Waals surface area contributed by atoms with Crippen LogP contribution < -0.4 is 0 Å². The van der Waals surface area contributed by atoms with E-state index in [1.54, 1.807) is 0 Å². The molecule has 1 fully saturated rings. The summed E-state index contributed by atoms with van der Waals surface area (Å²) < 4.78 is 0. The van der Waals surface area contributed by atoms with Crippen LogP contribution in [0.15, 0.2) is 30.3 Å². The molecule has 66 valence electrons. The maximum absolute atomic E-state index is 8.48. The fraction of sp³-hybridized carbons (Fsp3) is 0.364. The summed E-state index contributed by atoms with van der Waals surface area (Å²) in [5, 5.41) is 8.48. The maximum atomic E-state index is 8.48. The Morgan fingerprint density at radius 2 is 2.15 bits per heavy atom. The van der Waals surface area contributed by atoms with Crippen LogP contribution in [0, 0.1) is 11.3 Å². The molecule has 0 aromatic heterocycles. The monoisotopic (exact) mass is 172 g/mol. The molecule has 1 aliphatic rings. The average Bonchev–Trinajstić information content (AvgIpc) is 2.86. The van der Waals surface area contributed by atoms with Crippen LogP contribution in [-0.4, -0.2) is 17.5 Å². The van der Waals surface area contributed by atoms with Crippen LogP contribution in [0.2, 0.25) is 0 Å². The highest BCUT2D eigenvalue weighted by Gasteiger charge is 2.32. The van der Waals surface area contributed by atoms with E-state index in [2.05, 4.69) is 35.2 Å². The van der Waals surface area contributed by atoms with Crippen LogP contribution in [0.3, 0.4) is 0 Å². The van der Waals surface area contributed by atoms with E-state index in [9.17, 15) is 0 Å². The molecule has 2 nitrogen and oxygen atoms in total. The first kappa shape index (κ1) is 8.28. The Hall–Kier alpha value is -1.33. The van der Waals surface area contributed by atoms with Crippen molar-refractivity contribution in [1.29, 1.82) is 5.26 Å². The Balaban J connectivity index is 1.85. The Bertz CT molecular complexity index is 313. The van der Waals surface area contributed by atoms with Crippen molar-refractivity contribution in [3.8, 4) is 6.07 Å². The van der Waals surface area contributed by atoms with Crippen LogP contribution in [0.25, 0.3) is 0 Å². The zero-order chi connectivity index (χ0) is 9.10. The van der Waals surface area contributed by atoms with E-state index in [4.69, 9.17) is 5.26 Å². The molecule has 0 saturated carbocycles. The molecule has 1 aliphatic heterocycles. The van der Waals surface area contributed by atoms with Gasteiger partial charge in [0.2, 0.25) is 0 Å². The second-order valence-corrected chi connectivity index (χ2v) is 3.43. The van der Waals surface area contributed by atoms with Gasteiger partial charge < -0.3 is 0 Å². The van der Waals surface area contributed by atoms with E-state index >= 15 is 0 Å². The first-order valence-electron chi connectivity index (χ1n) is 4.55. The van der Waals surface area contributed by atoms with Crippen molar-refractivity contribution in [2.24, 2.45) is 0 Å². The first-order chi connectivity index (χ1) is 6.40. The largest absolute Gasteiger partial charge is 0.292 e. The molecule has 2 atom stereocenters. The van der Waals surface area contributed by atoms with Gasteiger partial charge in [0.05, 0.1) is 12.5 Å². The van der Waals surface area contributed by atoms with Gasteiger partial charge in [0, 0.05) is 19.1 Å².